The quantitative estimate of drug-likeness (QED) is 0.496. The van der Waals surface area contributed by atoms with Gasteiger partial charge in [-0.15, -0.1) is 12.6 Å². The third-order valence-electron chi connectivity index (χ3n) is 2.47. The van der Waals surface area contributed by atoms with Crippen LogP contribution in [-0.2, 0) is 0 Å². The summed E-state index contributed by atoms with van der Waals surface area (Å²) >= 11 is 10.1. The average molecular weight is 275 g/mol. The van der Waals surface area contributed by atoms with Gasteiger partial charge in [-0.25, -0.2) is 0 Å². The molecule has 2 aromatic carbocycles. The van der Waals surface area contributed by atoms with Gasteiger partial charge < -0.3 is 0 Å². The first kappa shape index (κ1) is 12.9. The lowest BCUT2D eigenvalue weighted by Gasteiger charge is -2.00. The number of benzene rings is 2. The van der Waals surface area contributed by atoms with Crippen LogP contribution in [0.2, 0.25) is 5.02 Å². The van der Waals surface area contributed by atoms with E-state index in [-0.39, 0.29) is 5.78 Å². The Morgan fingerprint density at radius 1 is 0.944 bits per heavy atom. The highest BCUT2D eigenvalue weighted by Gasteiger charge is 2.04. The topological polar surface area (TPSA) is 17.1 Å². The molecule has 0 amide bonds. The fraction of sp³-hybridized carbons (Fsp3) is 0. The normalized spacial score (nSPS) is 11.3. The first-order valence-electron chi connectivity index (χ1n) is 5.43. The monoisotopic (exact) mass is 274 g/mol. The molecule has 2 rings (SSSR count). The molecule has 0 aromatic heterocycles. The smallest absolute Gasteiger partial charge is 0.186 e. The number of carbonyl (C=O) groups excluding carboxylic acids is 1. The summed E-state index contributed by atoms with van der Waals surface area (Å²) in [5, 5.41) is 0.615. The minimum absolute atomic E-state index is 0.0829. The van der Waals surface area contributed by atoms with Crippen molar-refractivity contribution in [3.8, 4) is 0 Å². The minimum atomic E-state index is -0.0829. The van der Waals surface area contributed by atoms with Crippen LogP contribution in [0.1, 0.15) is 15.9 Å². The van der Waals surface area contributed by atoms with Gasteiger partial charge in [0.15, 0.2) is 5.78 Å². The molecule has 3 heteroatoms. The maximum atomic E-state index is 12.0. The molecule has 0 N–H and O–H groups in total. The van der Waals surface area contributed by atoms with E-state index in [1.54, 1.807) is 24.3 Å². The number of rotatable bonds is 3. The van der Waals surface area contributed by atoms with E-state index in [1.807, 2.05) is 30.3 Å². The number of carbonyl (C=O) groups is 1. The highest BCUT2D eigenvalue weighted by Crippen LogP contribution is 2.19. The van der Waals surface area contributed by atoms with Crippen LogP contribution in [0.4, 0.5) is 0 Å². The van der Waals surface area contributed by atoms with Gasteiger partial charge in [-0.1, -0.05) is 41.9 Å². The third kappa shape index (κ3) is 3.25. The van der Waals surface area contributed by atoms with Crippen LogP contribution in [0.5, 0.6) is 0 Å². The van der Waals surface area contributed by atoms with Gasteiger partial charge in [0.1, 0.15) is 0 Å². The first-order chi connectivity index (χ1) is 8.66. The molecule has 0 unspecified atom stereocenters. The summed E-state index contributed by atoms with van der Waals surface area (Å²) in [4.78, 5) is 12.6. The number of ketones is 1. The van der Waals surface area contributed by atoms with Crippen LogP contribution in [0.3, 0.4) is 0 Å². The molecule has 18 heavy (non-hydrogen) atoms. The van der Waals surface area contributed by atoms with Gasteiger partial charge in [0.25, 0.3) is 0 Å². The van der Waals surface area contributed by atoms with E-state index in [9.17, 15) is 4.79 Å². The number of hydrogen-bond donors (Lipinski definition) is 1. The van der Waals surface area contributed by atoms with Crippen molar-refractivity contribution in [2.75, 3.05) is 0 Å². The van der Waals surface area contributed by atoms with Crippen molar-refractivity contribution in [3.63, 3.8) is 0 Å². The zero-order valence-corrected chi connectivity index (χ0v) is 11.2. The lowest BCUT2D eigenvalue weighted by atomic mass is 10.1. The van der Waals surface area contributed by atoms with Gasteiger partial charge in [0.05, 0.1) is 0 Å². The van der Waals surface area contributed by atoms with Crippen LogP contribution in [-0.4, -0.2) is 5.78 Å². The van der Waals surface area contributed by atoms with Crippen molar-refractivity contribution >= 4 is 34.9 Å². The van der Waals surface area contributed by atoms with Gasteiger partial charge in [-0.3, -0.25) is 4.79 Å². The Morgan fingerprint density at radius 2 is 1.56 bits per heavy atom. The summed E-state index contributed by atoms with van der Waals surface area (Å²) in [7, 11) is 0. The molecule has 0 heterocycles. The van der Waals surface area contributed by atoms with E-state index in [1.165, 1.54) is 6.08 Å². The first-order valence-corrected chi connectivity index (χ1v) is 6.25. The Balaban J connectivity index is 2.23. The lowest BCUT2D eigenvalue weighted by molar-refractivity contribution is 0.104. The Bertz CT molecular complexity index is 573. The third-order valence-corrected chi connectivity index (χ3v) is 3.11. The zero-order valence-electron chi connectivity index (χ0n) is 9.51. The molecule has 0 spiro atoms. The summed E-state index contributed by atoms with van der Waals surface area (Å²) in [5.41, 5.74) is 1.52. The molecule has 0 saturated carbocycles. The fourth-order valence-corrected chi connectivity index (χ4v) is 1.91. The number of hydrogen-bond acceptors (Lipinski definition) is 2. The van der Waals surface area contributed by atoms with Crippen LogP contribution in [0, 0.1) is 0 Å². The second kappa shape index (κ2) is 5.89. The highest BCUT2D eigenvalue weighted by atomic mass is 35.5. The molecule has 0 bridgehead atoms. The Labute approximate surface area is 117 Å². The predicted octanol–water partition coefficient (Wildman–Crippen LogP) is 4.49. The molecule has 0 atom stereocenters. The molecule has 0 fully saturated rings. The van der Waals surface area contributed by atoms with E-state index in [0.717, 1.165) is 5.56 Å². The van der Waals surface area contributed by atoms with Crippen molar-refractivity contribution in [1.29, 1.82) is 0 Å². The van der Waals surface area contributed by atoms with Crippen molar-refractivity contribution in [2.24, 2.45) is 0 Å². The molecule has 0 aliphatic carbocycles. The van der Waals surface area contributed by atoms with Crippen molar-refractivity contribution in [1.82, 2.24) is 0 Å². The summed E-state index contributed by atoms with van der Waals surface area (Å²) < 4.78 is 0. The van der Waals surface area contributed by atoms with Gasteiger partial charge in [0, 0.05) is 15.5 Å². The number of halogens is 1. The van der Waals surface area contributed by atoms with Crippen LogP contribution >= 0.6 is 24.2 Å². The number of thiol groups is 1. The molecular weight excluding hydrogens is 264 g/mol. The summed E-state index contributed by atoms with van der Waals surface area (Å²) in [6.07, 6.45) is 1.52. The van der Waals surface area contributed by atoms with Crippen LogP contribution < -0.4 is 0 Å². The number of allylic oxidation sites excluding steroid dienone is 1. The molecule has 2 aromatic rings. The maximum absolute atomic E-state index is 12.0. The van der Waals surface area contributed by atoms with Gasteiger partial charge >= 0.3 is 0 Å². The minimum Gasteiger partial charge on any atom is -0.289 e. The largest absolute Gasteiger partial charge is 0.289 e. The Morgan fingerprint density at radius 3 is 2.17 bits per heavy atom. The van der Waals surface area contributed by atoms with Gasteiger partial charge in [-0.2, -0.15) is 0 Å². The second-order valence-electron chi connectivity index (χ2n) is 3.77. The van der Waals surface area contributed by atoms with Crippen LogP contribution in [0.25, 0.3) is 4.91 Å². The van der Waals surface area contributed by atoms with E-state index in [2.05, 4.69) is 12.6 Å². The zero-order chi connectivity index (χ0) is 13.0. The van der Waals surface area contributed by atoms with Crippen LogP contribution in [0.15, 0.2) is 60.7 Å². The summed E-state index contributed by atoms with van der Waals surface area (Å²) in [6.45, 7) is 0. The van der Waals surface area contributed by atoms with Crippen molar-refractivity contribution < 1.29 is 4.79 Å². The SMILES string of the molecule is O=C(/C=C(/S)c1ccccc1)c1ccc(Cl)cc1. The summed E-state index contributed by atoms with van der Waals surface area (Å²) in [5.74, 6) is -0.0829. The van der Waals surface area contributed by atoms with Gasteiger partial charge in [0.2, 0.25) is 0 Å². The fourth-order valence-electron chi connectivity index (χ4n) is 1.51. The molecule has 0 radical (unpaired) electrons. The van der Waals surface area contributed by atoms with Crippen molar-refractivity contribution in [2.45, 2.75) is 0 Å². The van der Waals surface area contributed by atoms with E-state index in [4.69, 9.17) is 11.6 Å². The van der Waals surface area contributed by atoms with Crippen molar-refractivity contribution in [3.05, 3.63) is 76.8 Å². The maximum Gasteiger partial charge on any atom is 0.186 e. The highest BCUT2D eigenvalue weighted by molar-refractivity contribution is 7.90. The summed E-state index contributed by atoms with van der Waals surface area (Å²) in [6, 6.07) is 16.4. The lowest BCUT2D eigenvalue weighted by Crippen LogP contribution is -1.94. The van der Waals surface area contributed by atoms with Gasteiger partial charge in [-0.05, 0) is 35.9 Å². The Hall–Kier alpha value is -1.51. The second-order valence-corrected chi connectivity index (χ2v) is 4.68. The Kier molecular flexibility index (Phi) is 4.24. The average Bonchev–Trinajstić information content (AvgIpc) is 2.40. The van der Waals surface area contributed by atoms with E-state index < -0.39 is 0 Å². The molecular formula is C15H11ClOS. The standard InChI is InChI=1S/C15H11ClOS/c16-13-8-6-11(7-9-13)14(17)10-15(18)12-4-2-1-3-5-12/h1-10,18H/b15-10+. The van der Waals surface area contributed by atoms with E-state index >= 15 is 0 Å². The predicted molar refractivity (Wildman–Crippen MR) is 79.2 cm³/mol. The molecule has 0 saturated heterocycles. The molecule has 0 aliphatic heterocycles. The van der Waals surface area contributed by atoms with E-state index in [0.29, 0.717) is 15.5 Å². The molecule has 1 nitrogen and oxygen atoms in total. The molecule has 0 aliphatic rings. The molecule has 90 valence electrons.